The molecule has 0 amide bonds. The van der Waals surface area contributed by atoms with Crippen molar-refractivity contribution < 1.29 is 9.16 Å². The third-order valence-corrected chi connectivity index (χ3v) is 5.67. The molecule has 2 saturated carbocycles. The van der Waals surface area contributed by atoms with E-state index in [4.69, 9.17) is 9.16 Å². The van der Waals surface area contributed by atoms with Crippen LogP contribution in [0.1, 0.15) is 64.2 Å². The number of hydrogen-bond donors (Lipinski definition) is 0. The van der Waals surface area contributed by atoms with E-state index >= 15 is 0 Å². The van der Waals surface area contributed by atoms with Crippen molar-refractivity contribution in [1.82, 2.24) is 0 Å². The molecule has 0 bridgehead atoms. The lowest BCUT2D eigenvalue weighted by atomic mass is 9.75. The van der Waals surface area contributed by atoms with Gasteiger partial charge in [-0.3, -0.25) is 0 Å². The fourth-order valence-corrected chi connectivity index (χ4v) is 4.45. The van der Waals surface area contributed by atoms with Crippen molar-refractivity contribution in [3.05, 3.63) is 24.3 Å². The van der Waals surface area contributed by atoms with Gasteiger partial charge in [0, 0.05) is 0 Å². The lowest BCUT2D eigenvalue weighted by molar-refractivity contribution is 0.0378. The van der Waals surface area contributed by atoms with Crippen molar-refractivity contribution in [2.75, 3.05) is 0 Å². The van der Waals surface area contributed by atoms with Gasteiger partial charge in [-0.25, -0.2) is 0 Å². The Morgan fingerprint density at radius 3 is 1.77 bits per heavy atom. The summed E-state index contributed by atoms with van der Waals surface area (Å²) in [5.74, 6) is 3.12. The van der Waals surface area contributed by atoms with Crippen LogP contribution in [0, 0.1) is 11.8 Å². The van der Waals surface area contributed by atoms with Crippen LogP contribution in [-0.2, 0) is 0 Å². The zero-order valence-corrected chi connectivity index (χ0v) is 14.4. The molecule has 0 aliphatic heterocycles. The van der Waals surface area contributed by atoms with Crippen LogP contribution in [-0.4, -0.2) is 16.6 Å². The average Bonchev–Trinajstić information content (AvgIpc) is 2.61. The highest BCUT2D eigenvalue weighted by Gasteiger charge is 2.33. The van der Waals surface area contributed by atoms with Gasteiger partial charge in [0.1, 0.15) is 11.9 Å². The van der Waals surface area contributed by atoms with E-state index in [-0.39, 0.29) is 0 Å². The van der Waals surface area contributed by atoms with Crippen LogP contribution in [0.2, 0.25) is 0 Å². The average molecular weight is 316 g/mol. The molecule has 0 unspecified atom stereocenters. The molecule has 119 valence electrons. The van der Waals surface area contributed by atoms with E-state index in [9.17, 15) is 0 Å². The van der Waals surface area contributed by atoms with Crippen molar-refractivity contribution in [2.45, 2.75) is 70.3 Å². The van der Waals surface area contributed by atoms with Crippen molar-refractivity contribution in [2.24, 2.45) is 11.8 Å². The monoisotopic (exact) mass is 315 g/mol. The molecule has 3 heteroatoms. The normalized spacial score (nSPS) is 21.0. The van der Waals surface area contributed by atoms with Gasteiger partial charge in [0.05, 0.1) is 0 Å². The number of rotatable bonds is 5. The number of benzene rings is 1. The zero-order chi connectivity index (χ0) is 15.2. The van der Waals surface area contributed by atoms with Crippen LogP contribution in [0.15, 0.2) is 24.3 Å². The van der Waals surface area contributed by atoms with E-state index in [1.54, 1.807) is 0 Å². The Bertz CT molecular complexity index is 433. The summed E-state index contributed by atoms with van der Waals surface area (Å²) in [6.45, 7) is 0. The molecule has 0 aromatic heterocycles. The minimum atomic E-state index is 0.364. The van der Waals surface area contributed by atoms with E-state index < -0.39 is 0 Å². The first-order chi connectivity index (χ1) is 10.9. The Morgan fingerprint density at radius 2 is 1.27 bits per heavy atom. The first-order valence-corrected chi connectivity index (χ1v) is 9.38. The van der Waals surface area contributed by atoms with Gasteiger partial charge in [-0.05, 0) is 49.7 Å². The molecule has 0 heterocycles. The Hall–Kier alpha value is -0.963. The third-order valence-electron chi connectivity index (χ3n) is 5.45. The van der Waals surface area contributed by atoms with Crippen LogP contribution in [0.25, 0.3) is 0 Å². The number of para-hydroxylation sites is 2. The van der Waals surface area contributed by atoms with Crippen LogP contribution in [0.3, 0.4) is 0 Å². The second-order valence-electron chi connectivity index (χ2n) is 6.93. The van der Waals surface area contributed by atoms with Crippen LogP contribution < -0.4 is 9.16 Å². The van der Waals surface area contributed by atoms with Gasteiger partial charge in [0.15, 0.2) is 5.75 Å². The van der Waals surface area contributed by atoms with Crippen molar-refractivity contribution in [3.8, 4) is 11.5 Å². The molecule has 2 aliphatic rings. The molecule has 1 aromatic rings. The molecule has 22 heavy (non-hydrogen) atoms. The van der Waals surface area contributed by atoms with Crippen LogP contribution >= 0.6 is 0 Å². The molecular weight excluding hydrogens is 288 g/mol. The van der Waals surface area contributed by atoms with Crippen LogP contribution in [0.5, 0.6) is 11.5 Å². The van der Waals surface area contributed by atoms with Gasteiger partial charge >= 0.3 is 10.5 Å². The summed E-state index contributed by atoms with van der Waals surface area (Å²) in [5.41, 5.74) is 0. The highest BCUT2D eigenvalue weighted by molar-refractivity contribution is 6.00. The molecular formula is C19H27O2Si. The van der Waals surface area contributed by atoms with E-state index in [1.165, 1.54) is 64.2 Å². The predicted molar refractivity (Wildman–Crippen MR) is 90.4 cm³/mol. The molecule has 2 nitrogen and oxygen atoms in total. The second-order valence-corrected chi connectivity index (χ2v) is 7.13. The molecule has 1 aromatic carbocycles. The predicted octanol–water partition coefficient (Wildman–Crippen LogP) is 5.06. The topological polar surface area (TPSA) is 18.5 Å². The number of ether oxygens (including phenoxy) is 1. The minimum Gasteiger partial charge on any atom is -0.538 e. The highest BCUT2D eigenvalue weighted by atomic mass is 28.2. The summed E-state index contributed by atoms with van der Waals surface area (Å²) in [6, 6.07) is 8.01. The van der Waals surface area contributed by atoms with Crippen LogP contribution in [0.4, 0.5) is 0 Å². The molecule has 0 N–H and O–H groups in total. The maximum atomic E-state index is 6.56. The van der Waals surface area contributed by atoms with E-state index in [2.05, 4.69) is 10.5 Å². The minimum absolute atomic E-state index is 0.364. The first kappa shape index (κ1) is 15.9. The SMILES string of the molecule is [Si]Oc1ccccc1OC(C1CCCCC1)C1CCCCC1. The van der Waals surface area contributed by atoms with E-state index in [0.717, 1.165) is 23.3 Å². The summed E-state index contributed by atoms with van der Waals surface area (Å²) in [4.78, 5) is 0. The van der Waals surface area contributed by atoms with Crippen molar-refractivity contribution >= 4 is 10.5 Å². The highest BCUT2D eigenvalue weighted by Crippen LogP contribution is 2.39. The van der Waals surface area contributed by atoms with Gasteiger partial charge in [0.2, 0.25) is 0 Å². The van der Waals surface area contributed by atoms with Gasteiger partial charge in [-0.1, -0.05) is 50.7 Å². The molecule has 0 atom stereocenters. The van der Waals surface area contributed by atoms with E-state index in [1.807, 2.05) is 24.3 Å². The van der Waals surface area contributed by atoms with Gasteiger partial charge in [0.25, 0.3) is 0 Å². The van der Waals surface area contributed by atoms with Crippen molar-refractivity contribution in [3.63, 3.8) is 0 Å². The molecule has 2 aliphatic carbocycles. The summed E-state index contributed by atoms with van der Waals surface area (Å²) >= 11 is 0. The summed E-state index contributed by atoms with van der Waals surface area (Å²) in [6.07, 6.45) is 14.0. The first-order valence-electron chi connectivity index (χ1n) is 8.98. The standard InChI is InChI=1S/C19H27O2Si/c22-21-18-14-8-7-13-17(18)20-19(15-9-3-1-4-10-15)16-11-5-2-6-12-16/h7-8,13-16,19H,1-6,9-12H2. The summed E-state index contributed by atoms with van der Waals surface area (Å²) < 4.78 is 11.9. The van der Waals surface area contributed by atoms with E-state index in [0.29, 0.717) is 6.10 Å². The Balaban J connectivity index is 1.77. The molecule has 3 radical (unpaired) electrons. The quantitative estimate of drug-likeness (QED) is 0.707. The molecule has 2 fully saturated rings. The largest absolute Gasteiger partial charge is 0.538 e. The lowest BCUT2D eigenvalue weighted by Crippen LogP contribution is -2.37. The number of hydrogen-bond acceptors (Lipinski definition) is 2. The fraction of sp³-hybridized carbons (Fsp3) is 0.684. The summed E-state index contributed by atoms with van der Waals surface area (Å²) in [7, 11) is 3.16. The Labute approximate surface area is 138 Å². The van der Waals surface area contributed by atoms with Gasteiger partial charge in [-0.2, -0.15) is 0 Å². The Kier molecular flexibility index (Phi) is 5.82. The zero-order valence-electron chi connectivity index (χ0n) is 13.4. The third kappa shape index (κ3) is 3.86. The molecule has 3 rings (SSSR count). The maximum Gasteiger partial charge on any atom is 0.341 e. The summed E-state index contributed by atoms with van der Waals surface area (Å²) in [5, 5.41) is 0. The smallest absolute Gasteiger partial charge is 0.341 e. The fourth-order valence-electron chi connectivity index (χ4n) is 4.28. The van der Waals surface area contributed by atoms with Gasteiger partial charge < -0.3 is 9.16 Å². The maximum absolute atomic E-state index is 6.56. The molecule has 0 spiro atoms. The van der Waals surface area contributed by atoms with Crippen molar-refractivity contribution in [1.29, 1.82) is 0 Å². The second kappa shape index (κ2) is 8.05. The van der Waals surface area contributed by atoms with Gasteiger partial charge in [-0.15, -0.1) is 0 Å². The molecule has 0 saturated heterocycles. The lowest BCUT2D eigenvalue weighted by Gasteiger charge is -2.38. The Morgan fingerprint density at radius 1 is 0.773 bits per heavy atom.